The van der Waals surface area contributed by atoms with E-state index in [4.69, 9.17) is 23.4 Å². The third-order valence-corrected chi connectivity index (χ3v) is 6.97. The maximum Gasteiger partial charge on any atom is 0.211 e. The first-order chi connectivity index (χ1) is 20.2. The molecular weight excluding hydrogens is 544 g/mol. The number of methoxy groups -OCH3 is 2. The zero-order valence-electron chi connectivity index (χ0n) is 22.4. The molecule has 1 atom stereocenters. The summed E-state index contributed by atoms with van der Waals surface area (Å²) in [7, 11) is 2.84. The van der Waals surface area contributed by atoms with E-state index >= 15 is 0 Å². The van der Waals surface area contributed by atoms with Crippen LogP contribution in [0.25, 0.3) is 22.3 Å². The smallest absolute Gasteiger partial charge is 0.211 e. The molecule has 0 amide bonds. The molecule has 2 heterocycles. The molecule has 0 spiro atoms. The van der Waals surface area contributed by atoms with Gasteiger partial charge in [0, 0.05) is 29.8 Å². The van der Waals surface area contributed by atoms with E-state index < -0.39 is 17.3 Å². The van der Waals surface area contributed by atoms with Gasteiger partial charge in [-0.2, -0.15) is 0 Å². The van der Waals surface area contributed by atoms with Gasteiger partial charge in [0.05, 0.1) is 20.6 Å². The fourth-order valence-electron chi connectivity index (χ4n) is 4.87. The Balaban J connectivity index is 1.30. The minimum Gasteiger partial charge on any atom is -0.508 e. The lowest BCUT2D eigenvalue weighted by Gasteiger charge is -2.27. The highest BCUT2D eigenvalue weighted by Crippen LogP contribution is 2.50. The van der Waals surface area contributed by atoms with Crippen molar-refractivity contribution in [2.45, 2.75) is 12.5 Å². The largest absolute Gasteiger partial charge is 0.508 e. The first-order valence-corrected chi connectivity index (χ1v) is 12.8. The zero-order chi connectivity index (χ0) is 29.5. The van der Waals surface area contributed by atoms with Crippen molar-refractivity contribution < 1.29 is 43.5 Å². The molecule has 0 bridgehead atoms. The molecule has 1 aromatic heterocycles. The second-order valence-electron chi connectivity index (χ2n) is 9.58. The predicted molar refractivity (Wildman–Crippen MR) is 151 cm³/mol. The normalized spacial score (nSPS) is 14.2. The lowest BCUT2D eigenvalue weighted by Crippen LogP contribution is -2.20. The number of carbonyl (C=O) groups excluding carboxylic acids is 1. The van der Waals surface area contributed by atoms with Gasteiger partial charge in [-0.3, -0.25) is 9.59 Å². The minimum absolute atomic E-state index is 0.0194. The number of ketones is 1. The molecule has 1 aliphatic rings. The van der Waals surface area contributed by atoms with Gasteiger partial charge in [0.2, 0.25) is 5.75 Å². The predicted octanol–water partition coefficient (Wildman–Crippen LogP) is 6.09. The van der Waals surface area contributed by atoms with Crippen LogP contribution in [-0.4, -0.2) is 35.3 Å². The van der Waals surface area contributed by atoms with Crippen LogP contribution in [0.2, 0.25) is 0 Å². The van der Waals surface area contributed by atoms with E-state index in [9.17, 15) is 24.9 Å². The number of phenolic OH excluding ortho intramolecular Hbond substituents is 3. The molecule has 3 N–H and O–H groups in total. The highest BCUT2D eigenvalue weighted by Gasteiger charge is 2.34. The summed E-state index contributed by atoms with van der Waals surface area (Å²) in [5.74, 6) is 0.212. The van der Waals surface area contributed by atoms with Gasteiger partial charge in [-0.15, -0.1) is 0 Å². The summed E-state index contributed by atoms with van der Waals surface area (Å²) in [6, 6.07) is 18.5. The number of benzene rings is 4. The van der Waals surface area contributed by atoms with Crippen molar-refractivity contribution in [3.05, 3.63) is 94.1 Å². The maximum atomic E-state index is 13.1. The molecule has 6 rings (SSSR count). The van der Waals surface area contributed by atoms with E-state index in [2.05, 4.69) is 0 Å². The van der Waals surface area contributed by atoms with Crippen LogP contribution in [-0.2, 0) is 0 Å². The fraction of sp³-hybridized carbons (Fsp3) is 0.125. The van der Waals surface area contributed by atoms with Crippen LogP contribution in [0.5, 0.6) is 46.0 Å². The summed E-state index contributed by atoms with van der Waals surface area (Å²) >= 11 is 0. The molecule has 0 saturated carbocycles. The summed E-state index contributed by atoms with van der Waals surface area (Å²) in [6.07, 6.45) is -0.624. The van der Waals surface area contributed by atoms with Crippen LogP contribution in [0.1, 0.15) is 28.4 Å². The van der Waals surface area contributed by atoms with Crippen molar-refractivity contribution in [2.75, 3.05) is 14.2 Å². The summed E-state index contributed by atoms with van der Waals surface area (Å²) in [4.78, 5) is 25.8. The topological polar surface area (TPSA) is 145 Å². The van der Waals surface area contributed by atoms with Crippen molar-refractivity contribution in [3.8, 4) is 57.3 Å². The first-order valence-electron chi connectivity index (χ1n) is 12.8. The van der Waals surface area contributed by atoms with Crippen LogP contribution < -0.4 is 24.4 Å². The number of rotatable bonds is 6. The van der Waals surface area contributed by atoms with Gasteiger partial charge in [0.15, 0.2) is 22.7 Å². The van der Waals surface area contributed by atoms with Gasteiger partial charge >= 0.3 is 0 Å². The SMILES string of the molecule is COc1cc(O)c2c(=O)cc(-c3ccc(Oc4c(OC)cc5c(c4O)C(=O)CC(c4ccc(O)cc4)O5)cc3)oc2c1. The Labute approximate surface area is 238 Å². The second kappa shape index (κ2) is 10.4. The number of ether oxygens (including phenoxy) is 4. The third kappa shape index (κ3) is 4.68. The average molecular weight is 569 g/mol. The Morgan fingerprint density at radius 1 is 0.833 bits per heavy atom. The summed E-state index contributed by atoms with van der Waals surface area (Å²) < 4.78 is 28.5. The number of phenols is 3. The molecule has 0 radical (unpaired) electrons. The van der Waals surface area contributed by atoms with E-state index in [-0.39, 0.29) is 63.2 Å². The van der Waals surface area contributed by atoms with Gasteiger partial charge in [0.1, 0.15) is 57.1 Å². The minimum atomic E-state index is -0.603. The Kier molecular flexibility index (Phi) is 6.58. The monoisotopic (exact) mass is 568 g/mol. The Morgan fingerprint density at radius 2 is 1.57 bits per heavy atom. The molecule has 0 fully saturated rings. The van der Waals surface area contributed by atoms with Crippen LogP contribution in [0.15, 0.2) is 82.0 Å². The molecule has 10 heteroatoms. The Morgan fingerprint density at radius 3 is 2.26 bits per heavy atom. The van der Waals surface area contributed by atoms with Crippen molar-refractivity contribution in [1.29, 1.82) is 0 Å². The van der Waals surface area contributed by atoms with E-state index in [0.717, 1.165) is 0 Å². The molecule has 5 aromatic rings. The standard InChI is InChI=1S/C32H24O10/c1-38-20-11-21(34)29-22(35)13-24(41-26(29)12-20)17-5-9-19(10-6-17)40-32-28(39-2)15-27-30(31(32)37)23(36)14-25(42-27)16-3-7-18(33)8-4-16/h3-13,15,25,33-34,37H,14H2,1-2H3. The molecule has 42 heavy (non-hydrogen) atoms. The molecular formula is C32H24O10. The van der Waals surface area contributed by atoms with E-state index in [0.29, 0.717) is 22.6 Å². The van der Waals surface area contributed by atoms with E-state index in [1.807, 2.05) is 0 Å². The number of aromatic hydroxyl groups is 3. The summed E-state index contributed by atoms with van der Waals surface area (Å²) in [5.41, 5.74) is 0.972. The zero-order valence-corrected chi connectivity index (χ0v) is 22.4. The Hall–Kier alpha value is -5.64. The number of fused-ring (bicyclic) bond motifs is 2. The molecule has 1 aliphatic heterocycles. The number of Topliss-reactive ketones (excluding diaryl/α,β-unsaturated/α-hetero) is 1. The summed E-state index contributed by atoms with van der Waals surface area (Å²) in [5, 5.41) is 30.9. The molecule has 212 valence electrons. The van der Waals surface area contributed by atoms with Crippen LogP contribution in [0.3, 0.4) is 0 Å². The molecule has 0 aliphatic carbocycles. The van der Waals surface area contributed by atoms with Crippen molar-refractivity contribution in [2.24, 2.45) is 0 Å². The molecule has 10 nitrogen and oxygen atoms in total. The Bertz CT molecular complexity index is 1890. The molecule has 4 aromatic carbocycles. The lowest BCUT2D eigenvalue weighted by atomic mass is 9.95. The van der Waals surface area contributed by atoms with Gasteiger partial charge in [-0.05, 0) is 42.0 Å². The second-order valence-corrected chi connectivity index (χ2v) is 9.58. The number of hydrogen-bond donors (Lipinski definition) is 3. The average Bonchev–Trinajstić information content (AvgIpc) is 2.98. The fourth-order valence-corrected chi connectivity index (χ4v) is 4.87. The highest BCUT2D eigenvalue weighted by molar-refractivity contribution is 6.03. The quantitative estimate of drug-likeness (QED) is 0.220. The van der Waals surface area contributed by atoms with E-state index in [1.54, 1.807) is 36.4 Å². The van der Waals surface area contributed by atoms with Gasteiger partial charge < -0.3 is 38.7 Å². The van der Waals surface area contributed by atoms with Crippen LogP contribution >= 0.6 is 0 Å². The van der Waals surface area contributed by atoms with Crippen molar-refractivity contribution in [3.63, 3.8) is 0 Å². The van der Waals surface area contributed by atoms with Crippen LogP contribution in [0.4, 0.5) is 0 Å². The maximum absolute atomic E-state index is 13.1. The molecule has 1 unspecified atom stereocenters. The molecule has 0 saturated heterocycles. The number of carbonyl (C=O) groups is 1. The highest BCUT2D eigenvalue weighted by atomic mass is 16.5. The lowest BCUT2D eigenvalue weighted by molar-refractivity contribution is 0.0843. The summed E-state index contributed by atoms with van der Waals surface area (Å²) in [6.45, 7) is 0. The van der Waals surface area contributed by atoms with Gasteiger partial charge in [-0.25, -0.2) is 0 Å². The van der Waals surface area contributed by atoms with Gasteiger partial charge in [-0.1, -0.05) is 12.1 Å². The van der Waals surface area contributed by atoms with Crippen molar-refractivity contribution in [1.82, 2.24) is 0 Å². The number of hydrogen-bond acceptors (Lipinski definition) is 10. The van der Waals surface area contributed by atoms with Gasteiger partial charge in [0.25, 0.3) is 0 Å². The van der Waals surface area contributed by atoms with E-state index in [1.165, 1.54) is 50.6 Å². The third-order valence-electron chi connectivity index (χ3n) is 6.97. The van der Waals surface area contributed by atoms with Crippen LogP contribution in [0, 0.1) is 0 Å². The van der Waals surface area contributed by atoms with Crippen molar-refractivity contribution >= 4 is 16.8 Å². The first kappa shape index (κ1) is 26.6.